The van der Waals surface area contributed by atoms with Crippen molar-refractivity contribution in [2.45, 2.75) is 25.9 Å². The number of carbonyl (C=O) groups excluding carboxylic acids is 2. The van der Waals surface area contributed by atoms with Gasteiger partial charge in [0.05, 0.1) is 5.02 Å². The van der Waals surface area contributed by atoms with Crippen molar-refractivity contribution >= 4 is 23.4 Å². The lowest BCUT2D eigenvalue weighted by atomic mass is 9.92. The Bertz CT molecular complexity index is 825. The molecule has 1 aliphatic heterocycles. The van der Waals surface area contributed by atoms with Gasteiger partial charge >= 0.3 is 0 Å². The van der Waals surface area contributed by atoms with Crippen LogP contribution in [-0.2, 0) is 22.6 Å². The molecule has 2 aromatic rings. The molecule has 0 aliphatic carbocycles. The molecule has 2 amide bonds. The first-order valence-corrected chi connectivity index (χ1v) is 8.42. The molecule has 0 aromatic heterocycles. The predicted molar refractivity (Wildman–Crippen MR) is 93.5 cm³/mol. The van der Waals surface area contributed by atoms with Gasteiger partial charge in [0.25, 0.3) is 0 Å². The zero-order valence-corrected chi connectivity index (χ0v) is 14.5. The smallest absolute Gasteiger partial charge is 0.247 e. The van der Waals surface area contributed by atoms with Crippen molar-refractivity contribution in [3.63, 3.8) is 0 Å². The lowest BCUT2D eigenvalue weighted by molar-refractivity contribution is -0.139. The summed E-state index contributed by atoms with van der Waals surface area (Å²) in [4.78, 5) is 26.3. The first-order chi connectivity index (χ1) is 12.0. The van der Waals surface area contributed by atoms with Gasteiger partial charge in [-0.15, -0.1) is 0 Å². The highest BCUT2D eigenvalue weighted by Gasteiger charge is 2.34. The van der Waals surface area contributed by atoms with Crippen LogP contribution in [0.3, 0.4) is 0 Å². The molecule has 2 aromatic carbocycles. The Labute approximate surface area is 150 Å². The first kappa shape index (κ1) is 17.4. The van der Waals surface area contributed by atoms with E-state index in [1.54, 1.807) is 11.0 Å². The lowest BCUT2D eigenvalue weighted by Gasteiger charge is -2.35. The van der Waals surface area contributed by atoms with Gasteiger partial charge in [0.2, 0.25) is 11.8 Å². The average molecular weight is 361 g/mol. The highest BCUT2D eigenvalue weighted by molar-refractivity contribution is 6.30. The minimum absolute atomic E-state index is 0.0140. The molecule has 0 bridgehead atoms. The highest BCUT2D eigenvalue weighted by atomic mass is 35.5. The third-order valence-corrected chi connectivity index (χ3v) is 4.68. The number of hydrogen-bond donors (Lipinski definition) is 1. The van der Waals surface area contributed by atoms with Crippen molar-refractivity contribution in [3.8, 4) is 0 Å². The van der Waals surface area contributed by atoms with Crippen molar-refractivity contribution in [1.29, 1.82) is 0 Å². The van der Waals surface area contributed by atoms with Gasteiger partial charge in [-0.25, -0.2) is 4.39 Å². The number of nitrogens with one attached hydrogen (secondary N) is 1. The highest BCUT2D eigenvalue weighted by Crippen LogP contribution is 2.30. The zero-order valence-electron chi connectivity index (χ0n) is 13.8. The molecular formula is C19H18ClFN2O2. The van der Waals surface area contributed by atoms with Crippen LogP contribution in [0.2, 0.25) is 5.02 Å². The minimum Gasteiger partial charge on any atom is -0.350 e. The van der Waals surface area contributed by atoms with Gasteiger partial charge in [-0.1, -0.05) is 41.9 Å². The molecule has 0 spiro atoms. The van der Waals surface area contributed by atoms with Gasteiger partial charge in [-0.2, -0.15) is 0 Å². The molecule has 0 saturated carbocycles. The van der Waals surface area contributed by atoms with Gasteiger partial charge in [0, 0.05) is 20.0 Å². The zero-order chi connectivity index (χ0) is 18.0. The van der Waals surface area contributed by atoms with Crippen LogP contribution < -0.4 is 5.32 Å². The largest absolute Gasteiger partial charge is 0.350 e. The van der Waals surface area contributed by atoms with Gasteiger partial charge in [-0.05, 0) is 35.2 Å². The lowest BCUT2D eigenvalue weighted by Crippen LogP contribution is -2.46. The number of amides is 2. The molecule has 25 heavy (non-hydrogen) atoms. The number of carbonyl (C=O) groups is 2. The Morgan fingerprint density at radius 3 is 2.76 bits per heavy atom. The Kier molecular flexibility index (Phi) is 5.04. The minimum atomic E-state index is -0.654. The van der Waals surface area contributed by atoms with E-state index in [-0.39, 0.29) is 23.4 Å². The van der Waals surface area contributed by atoms with E-state index in [0.717, 1.165) is 17.5 Å². The summed E-state index contributed by atoms with van der Waals surface area (Å²) in [6.07, 6.45) is 0.729. The summed E-state index contributed by atoms with van der Waals surface area (Å²) in [7, 11) is 0. The van der Waals surface area contributed by atoms with E-state index < -0.39 is 11.9 Å². The summed E-state index contributed by atoms with van der Waals surface area (Å²) < 4.78 is 13.2. The molecule has 1 aliphatic rings. The van der Waals surface area contributed by atoms with Crippen molar-refractivity contribution < 1.29 is 14.0 Å². The van der Waals surface area contributed by atoms with Gasteiger partial charge in [0.15, 0.2) is 0 Å². The molecular weight excluding hydrogens is 343 g/mol. The third kappa shape index (κ3) is 3.66. The Morgan fingerprint density at radius 1 is 1.28 bits per heavy atom. The first-order valence-electron chi connectivity index (χ1n) is 8.04. The van der Waals surface area contributed by atoms with Crippen LogP contribution in [0.25, 0.3) is 0 Å². The van der Waals surface area contributed by atoms with E-state index in [9.17, 15) is 14.0 Å². The van der Waals surface area contributed by atoms with E-state index in [4.69, 9.17) is 11.6 Å². The van der Waals surface area contributed by atoms with Crippen LogP contribution in [0.15, 0.2) is 42.5 Å². The van der Waals surface area contributed by atoms with Crippen LogP contribution in [0.1, 0.15) is 29.7 Å². The summed E-state index contributed by atoms with van der Waals surface area (Å²) in [5, 5.41) is 2.84. The van der Waals surface area contributed by atoms with Gasteiger partial charge in [-0.3, -0.25) is 9.59 Å². The van der Waals surface area contributed by atoms with Crippen LogP contribution in [-0.4, -0.2) is 23.3 Å². The second-order valence-electron chi connectivity index (χ2n) is 6.03. The molecule has 0 radical (unpaired) electrons. The second kappa shape index (κ2) is 7.23. The molecule has 6 heteroatoms. The quantitative estimate of drug-likeness (QED) is 0.913. The van der Waals surface area contributed by atoms with Gasteiger partial charge in [0.1, 0.15) is 11.9 Å². The van der Waals surface area contributed by atoms with Crippen LogP contribution in [0.5, 0.6) is 0 Å². The average Bonchev–Trinajstić information content (AvgIpc) is 2.61. The topological polar surface area (TPSA) is 49.4 Å². The number of hydrogen-bond acceptors (Lipinski definition) is 2. The monoisotopic (exact) mass is 360 g/mol. The fraction of sp³-hybridized carbons (Fsp3) is 0.263. The maximum Gasteiger partial charge on any atom is 0.247 e. The molecule has 1 N–H and O–H groups in total. The van der Waals surface area contributed by atoms with Gasteiger partial charge < -0.3 is 10.2 Å². The van der Waals surface area contributed by atoms with E-state index in [0.29, 0.717) is 12.1 Å². The van der Waals surface area contributed by atoms with Crippen molar-refractivity contribution in [1.82, 2.24) is 10.2 Å². The van der Waals surface area contributed by atoms with Crippen LogP contribution in [0.4, 0.5) is 4.39 Å². The Hall–Kier alpha value is -2.40. The van der Waals surface area contributed by atoms with E-state index in [2.05, 4.69) is 5.32 Å². The molecule has 1 atom stereocenters. The molecule has 0 saturated heterocycles. The number of fused-ring (bicyclic) bond motifs is 1. The van der Waals surface area contributed by atoms with E-state index in [1.165, 1.54) is 19.1 Å². The second-order valence-corrected chi connectivity index (χ2v) is 6.44. The molecule has 4 nitrogen and oxygen atoms in total. The van der Waals surface area contributed by atoms with Crippen LogP contribution in [0, 0.1) is 5.82 Å². The molecule has 130 valence electrons. The number of nitrogens with zero attached hydrogens (tertiary/aromatic N) is 1. The number of benzene rings is 2. The third-order valence-electron chi connectivity index (χ3n) is 4.39. The maximum absolute atomic E-state index is 13.2. The summed E-state index contributed by atoms with van der Waals surface area (Å²) in [5.41, 5.74) is 2.61. The summed E-state index contributed by atoms with van der Waals surface area (Å²) >= 11 is 5.77. The molecule has 0 fully saturated rings. The van der Waals surface area contributed by atoms with Crippen molar-refractivity contribution in [2.24, 2.45) is 0 Å². The SMILES string of the molecule is CC(=O)N1CCc2ccccc2C1C(=O)NCc1ccc(F)c(Cl)c1. The standard InChI is InChI=1S/C19H18ClFN2O2/c1-12(24)23-9-8-14-4-2-3-5-15(14)18(23)19(25)22-11-13-6-7-17(21)16(20)10-13/h2-7,10,18H,8-9,11H2,1H3,(H,22,25). The Morgan fingerprint density at radius 2 is 2.04 bits per heavy atom. The number of halogens is 2. The summed E-state index contributed by atoms with van der Waals surface area (Å²) in [6, 6.07) is 11.3. The van der Waals surface area contributed by atoms with Crippen molar-refractivity contribution in [3.05, 3.63) is 70.0 Å². The molecule has 1 heterocycles. The fourth-order valence-corrected chi connectivity index (χ4v) is 3.33. The normalized spacial score (nSPS) is 16.3. The summed E-state index contributed by atoms with van der Waals surface area (Å²) in [5.74, 6) is -0.900. The molecule has 1 unspecified atom stereocenters. The van der Waals surface area contributed by atoms with Crippen molar-refractivity contribution in [2.75, 3.05) is 6.54 Å². The Balaban J connectivity index is 1.81. The van der Waals surface area contributed by atoms with E-state index in [1.807, 2.05) is 24.3 Å². The maximum atomic E-state index is 13.2. The predicted octanol–water partition coefficient (Wildman–Crippen LogP) is 3.24. The number of rotatable bonds is 3. The fourth-order valence-electron chi connectivity index (χ4n) is 3.12. The summed E-state index contributed by atoms with van der Waals surface area (Å²) in [6.45, 7) is 2.18. The van der Waals surface area contributed by atoms with Crippen LogP contribution >= 0.6 is 11.6 Å². The van der Waals surface area contributed by atoms with E-state index >= 15 is 0 Å². The molecule has 3 rings (SSSR count).